The summed E-state index contributed by atoms with van der Waals surface area (Å²) in [4.78, 5) is 0. The Balaban J connectivity index is 1.32. The predicted octanol–water partition coefficient (Wildman–Crippen LogP) is 8.61. The van der Waals surface area contributed by atoms with Crippen molar-refractivity contribution in [3.8, 4) is 45.3 Å². The van der Waals surface area contributed by atoms with Crippen LogP contribution in [0.25, 0.3) is 22.3 Å². The maximum absolute atomic E-state index is 5.90. The van der Waals surface area contributed by atoms with E-state index in [1.165, 1.54) is 11.1 Å². The quantitative estimate of drug-likeness (QED) is 0.277. The third kappa shape index (κ3) is 4.71. The van der Waals surface area contributed by atoms with Gasteiger partial charge in [0.2, 0.25) is 0 Å². The van der Waals surface area contributed by atoms with Gasteiger partial charge in [-0.25, -0.2) is 0 Å². The van der Waals surface area contributed by atoms with Crippen molar-refractivity contribution in [1.29, 1.82) is 0 Å². The van der Waals surface area contributed by atoms with Crippen LogP contribution in [0, 0.1) is 0 Å². The lowest BCUT2D eigenvalue weighted by atomic mass is 9.99. The van der Waals surface area contributed by atoms with Crippen LogP contribution in [-0.2, 0) is 0 Å². The summed E-state index contributed by atoms with van der Waals surface area (Å²) in [5.41, 5.74) is 4.63. The maximum Gasteiger partial charge on any atom is 0.127 e. The molecule has 0 aromatic heterocycles. The van der Waals surface area contributed by atoms with E-state index in [9.17, 15) is 0 Å². The third-order valence-electron chi connectivity index (χ3n) is 5.20. The van der Waals surface area contributed by atoms with Gasteiger partial charge in [0.25, 0.3) is 0 Å². The summed E-state index contributed by atoms with van der Waals surface area (Å²) in [6, 6.07) is 44.6. The van der Waals surface area contributed by atoms with Crippen molar-refractivity contribution in [1.82, 2.24) is 0 Å². The lowest BCUT2D eigenvalue weighted by Crippen LogP contribution is -1.86. The smallest absolute Gasteiger partial charge is 0.127 e. The number of rotatable bonds is 6. The minimum absolute atomic E-state index is 0.824. The monoisotopic (exact) mass is 414 g/mol. The number of benzene rings is 5. The summed E-state index contributed by atoms with van der Waals surface area (Å²) in [5.74, 6) is 3.32. The summed E-state index contributed by atoms with van der Waals surface area (Å²) in [5, 5.41) is 0. The maximum atomic E-state index is 5.90. The van der Waals surface area contributed by atoms with E-state index in [1.807, 2.05) is 84.9 Å². The van der Waals surface area contributed by atoms with E-state index >= 15 is 0 Å². The molecule has 0 saturated carbocycles. The zero-order chi connectivity index (χ0) is 21.6. The van der Waals surface area contributed by atoms with Crippen molar-refractivity contribution in [2.24, 2.45) is 0 Å². The molecule has 32 heavy (non-hydrogen) atoms. The molecule has 0 unspecified atom stereocenters. The molecule has 0 aliphatic rings. The predicted molar refractivity (Wildman–Crippen MR) is 130 cm³/mol. The van der Waals surface area contributed by atoms with Crippen LogP contribution in [0.1, 0.15) is 0 Å². The molecule has 0 aliphatic carbocycles. The fraction of sp³-hybridized carbons (Fsp3) is 0. The first-order valence-electron chi connectivity index (χ1n) is 10.6. The van der Waals surface area contributed by atoms with Crippen molar-refractivity contribution in [3.63, 3.8) is 0 Å². The Hall–Kier alpha value is -4.30. The first-order chi connectivity index (χ1) is 15.8. The molecule has 5 rings (SSSR count). The molecule has 0 radical (unpaired) electrons. The highest BCUT2D eigenvalue weighted by Crippen LogP contribution is 2.30. The third-order valence-corrected chi connectivity index (χ3v) is 5.20. The molecule has 0 bridgehead atoms. The lowest BCUT2D eigenvalue weighted by molar-refractivity contribution is 0.482. The summed E-state index contributed by atoms with van der Waals surface area (Å²) in [6.07, 6.45) is 0. The second-order valence-electron chi connectivity index (χ2n) is 7.46. The molecule has 0 N–H and O–H groups in total. The van der Waals surface area contributed by atoms with Crippen molar-refractivity contribution >= 4 is 0 Å². The Bertz CT molecular complexity index is 1180. The van der Waals surface area contributed by atoms with Gasteiger partial charge in [0.05, 0.1) is 0 Å². The molecule has 5 aromatic rings. The van der Waals surface area contributed by atoms with E-state index in [0.717, 1.165) is 34.1 Å². The molecule has 0 amide bonds. The van der Waals surface area contributed by atoms with Crippen LogP contribution in [0.2, 0.25) is 0 Å². The van der Waals surface area contributed by atoms with E-state index in [1.54, 1.807) is 0 Å². The number of ether oxygens (including phenoxy) is 2. The van der Waals surface area contributed by atoms with E-state index in [4.69, 9.17) is 9.47 Å². The zero-order valence-electron chi connectivity index (χ0n) is 17.5. The average molecular weight is 415 g/mol. The molecule has 0 aliphatic heterocycles. The second-order valence-corrected chi connectivity index (χ2v) is 7.46. The van der Waals surface area contributed by atoms with E-state index in [2.05, 4.69) is 48.5 Å². The van der Waals surface area contributed by atoms with E-state index in [-0.39, 0.29) is 0 Å². The minimum Gasteiger partial charge on any atom is -0.457 e. The molecule has 2 heteroatoms. The molecule has 154 valence electrons. The van der Waals surface area contributed by atoms with Crippen molar-refractivity contribution < 1.29 is 9.47 Å². The van der Waals surface area contributed by atoms with Crippen molar-refractivity contribution in [3.05, 3.63) is 133 Å². The van der Waals surface area contributed by atoms with Gasteiger partial charge in [-0.1, -0.05) is 78.9 Å². The van der Waals surface area contributed by atoms with Crippen LogP contribution in [-0.4, -0.2) is 0 Å². The molecule has 0 heterocycles. The summed E-state index contributed by atoms with van der Waals surface area (Å²) < 4.78 is 11.8. The average Bonchev–Trinajstić information content (AvgIpc) is 2.86. The van der Waals surface area contributed by atoms with Crippen molar-refractivity contribution in [2.45, 2.75) is 0 Å². The van der Waals surface area contributed by atoms with E-state index in [0.29, 0.717) is 0 Å². The molecular weight excluding hydrogens is 392 g/mol. The van der Waals surface area contributed by atoms with Crippen LogP contribution in [0.15, 0.2) is 133 Å². The fourth-order valence-electron chi connectivity index (χ4n) is 3.56. The molecular formula is C30H22O2. The second kappa shape index (κ2) is 9.23. The van der Waals surface area contributed by atoms with Gasteiger partial charge in [-0.05, 0) is 76.9 Å². The number of hydrogen-bond donors (Lipinski definition) is 0. The van der Waals surface area contributed by atoms with E-state index < -0.39 is 0 Å². The molecule has 0 saturated heterocycles. The minimum atomic E-state index is 0.824. The number of para-hydroxylation sites is 2. The van der Waals surface area contributed by atoms with Gasteiger partial charge in [0, 0.05) is 0 Å². The zero-order valence-corrected chi connectivity index (χ0v) is 17.5. The SMILES string of the molecule is c1ccc(Oc2ccc(-c3cccc(-c4ccc(Oc5ccccc5)cc4)c3)cc2)cc1. The molecule has 0 fully saturated rings. The van der Waals surface area contributed by atoms with Crippen LogP contribution in [0.5, 0.6) is 23.0 Å². The summed E-state index contributed by atoms with van der Waals surface area (Å²) in [6.45, 7) is 0. The van der Waals surface area contributed by atoms with Crippen molar-refractivity contribution in [2.75, 3.05) is 0 Å². The molecule has 0 atom stereocenters. The fourth-order valence-corrected chi connectivity index (χ4v) is 3.56. The summed E-state index contributed by atoms with van der Waals surface area (Å²) >= 11 is 0. The van der Waals surface area contributed by atoms with Gasteiger partial charge in [-0.3, -0.25) is 0 Å². The Morgan fingerprint density at radius 3 is 1.06 bits per heavy atom. The highest BCUT2D eigenvalue weighted by Gasteiger charge is 2.04. The Labute approximate surface area is 188 Å². The largest absolute Gasteiger partial charge is 0.457 e. The van der Waals surface area contributed by atoms with Crippen LogP contribution in [0.4, 0.5) is 0 Å². The van der Waals surface area contributed by atoms with Crippen LogP contribution in [0.3, 0.4) is 0 Å². The van der Waals surface area contributed by atoms with Gasteiger partial charge in [-0.15, -0.1) is 0 Å². The first-order valence-corrected chi connectivity index (χ1v) is 10.6. The highest BCUT2D eigenvalue weighted by molar-refractivity contribution is 5.73. The normalized spacial score (nSPS) is 10.5. The summed E-state index contributed by atoms with van der Waals surface area (Å²) in [7, 11) is 0. The van der Waals surface area contributed by atoms with Gasteiger partial charge < -0.3 is 9.47 Å². The van der Waals surface area contributed by atoms with Gasteiger partial charge in [0.15, 0.2) is 0 Å². The van der Waals surface area contributed by atoms with Gasteiger partial charge >= 0.3 is 0 Å². The molecule has 2 nitrogen and oxygen atoms in total. The Morgan fingerprint density at radius 2 is 0.656 bits per heavy atom. The van der Waals surface area contributed by atoms with Gasteiger partial charge in [-0.2, -0.15) is 0 Å². The first kappa shape index (κ1) is 19.7. The highest BCUT2D eigenvalue weighted by atomic mass is 16.5. The topological polar surface area (TPSA) is 18.5 Å². The molecule has 5 aromatic carbocycles. The standard InChI is InChI=1S/C30H22O2/c1-3-10-27(11-4-1)31-29-18-14-23(15-19-29)25-8-7-9-26(22-25)24-16-20-30(21-17-24)32-28-12-5-2-6-13-28/h1-22H. The number of hydrogen-bond acceptors (Lipinski definition) is 2. The molecule has 0 spiro atoms. The Morgan fingerprint density at radius 1 is 0.281 bits per heavy atom. The van der Waals surface area contributed by atoms with Crippen LogP contribution >= 0.6 is 0 Å². The van der Waals surface area contributed by atoms with Crippen LogP contribution < -0.4 is 9.47 Å². The Kier molecular flexibility index (Phi) is 5.67. The van der Waals surface area contributed by atoms with Gasteiger partial charge in [0.1, 0.15) is 23.0 Å². The lowest BCUT2D eigenvalue weighted by Gasteiger charge is -2.09.